The first kappa shape index (κ1) is 21.3. The molecule has 156 valence electrons. The van der Waals surface area contributed by atoms with E-state index in [2.05, 4.69) is 10.3 Å². The Kier molecular flexibility index (Phi) is 6.60. The highest BCUT2D eigenvalue weighted by atomic mass is 32.2. The van der Waals surface area contributed by atoms with Crippen LogP contribution in [0.25, 0.3) is 0 Å². The largest absolute Gasteiger partial charge is 0.461 e. The molecule has 1 amide bonds. The molecule has 1 aromatic heterocycles. The molecule has 8 nitrogen and oxygen atoms in total. The van der Waals surface area contributed by atoms with Crippen molar-refractivity contribution in [2.24, 2.45) is 5.92 Å². The number of sulfonamides is 1. The van der Waals surface area contributed by atoms with Crippen LogP contribution in [0.1, 0.15) is 30.3 Å². The van der Waals surface area contributed by atoms with E-state index in [1.165, 1.54) is 27.9 Å². The molecule has 0 saturated carbocycles. The SMILES string of the molecule is CCOC(=O)c1csc(NC(=O)C2CCN(S(=O)(=O)c3ccccc3F)CC2)n1. The average molecular weight is 442 g/mol. The minimum atomic E-state index is -3.95. The molecule has 29 heavy (non-hydrogen) atoms. The first-order valence-corrected chi connectivity index (χ1v) is 11.3. The Morgan fingerprint density at radius 1 is 1.31 bits per heavy atom. The van der Waals surface area contributed by atoms with E-state index in [1.807, 2.05) is 0 Å². The van der Waals surface area contributed by atoms with Crippen molar-refractivity contribution >= 4 is 38.4 Å². The quantitative estimate of drug-likeness (QED) is 0.691. The van der Waals surface area contributed by atoms with E-state index in [0.717, 1.165) is 17.4 Å². The summed E-state index contributed by atoms with van der Waals surface area (Å²) in [4.78, 5) is 27.8. The lowest BCUT2D eigenvalue weighted by Gasteiger charge is -2.30. The zero-order valence-electron chi connectivity index (χ0n) is 15.6. The van der Waals surface area contributed by atoms with Gasteiger partial charge in [0.1, 0.15) is 10.7 Å². The summed E-state index contributed by atoms with van der Waals surface area (Å²) in [5, 5.41) is 4.43. The van der Waals surface area contributed by atoms with E-state index in [1.54, 1.807) is 6.92 Å². The molecule has 2 heterocycles. The van der Waals surface area contributed by atoms with Crippen LogP contribution < -0.4 is 5.32 Å². The molecule has 0 bridgehead atoms. The molecule has 0 spiro atoms. The van der Waals surface area contributed by atoms with Gasteiger partial charge in [-0.05, 0) is 31.9 Å². The van der Waals surface area contributed by atoms with Crippen molar-refractivity contribution in [3.63, 3.8) is 0 Å². The number of benzene rings is 1. The molecule has 1 N–H and O–H groups in total. The summed E-state index contributed by atoms with van der Waals surface area (Å²) in [6.07, 6.45) is 0.602. The summed E-state index contributed by atoms with van der Waals surface area (Å²) in [7, 11) is -3.95. The molecule has 0 atom stereocenters. The molecular formula is C18H20FN3O5S2. The predicted molar refractivity (Wildman–Crippen MR) is 105 cm³/mol. The minimum Gasteiger partial charge on any atom is -0.461 e. The third kappa shape index (κ3) is 4.80. The van der Waals surface area contributed by atoms with E-state index < -0.39 is 27.7 Å². The molecule has 0 unspecified atom stereocenters. The Labute approximate surface area is 171 Å². The maximum atomic E-state index is 13.9. The molecule has 0 aliphatic carbocycles. The molecular weight excluding hydrogens is 421 g/mol. The number of halogens is 1. The standard InChI is InChI=1S/C18H20FN3O5S2/c1-2-27-17(24)14-11-28-18(20-14)21-16(23)12-7-9-22(10-8-12)29(25,26)15-6-4-3-5-13(15)19/h3-6,11-12H,2,7-10H2,1H3,(H,20,21,23). The first-order chi connectivity index (χ1) is 13.8. The van der Waals surface area contributed by atoms with Gasteiger partial charge in [-0.15, -0.1) is 11.3 Å². The smallest absolute Gasteiger partial charge is 0.357 e. The van der Waals surface area contributed by atoms with Crippen molar-refractivity contribution in [3.8, 4) is 0 Å². The Morgan fingerprint density at radius 3 is 2.66 bits per heavy atom. The Hall–Kier alpha value is -2.37. The van der Waals surface area contributed by atoms with Crippen LogP contribution in [0.3, 0.4) is 0 Å². The van der Waals surface area contributed by atoms with Gasteiger partial charge >= 0.3 is 5.97 Å². The van der Waals surface area contributed by atoms with E-state index in [9.17, 15) is 22.4 Å². The average Bonchev–Trinajstić information content (AvgIpc) is 3.17. The van der Waals surface area contributed by atoms with Gasteiger partial charge in [0.15, 0.2) is 10.8 Å². The van der Waals surface area contributed by atoms with Gasteiger partial charge in [0.05, 0.1) is 6.61 Å². The number of thiazole rings is 1. The number of hydrogen-bond donors (Lipinski definition) is 1. The highest BCUT2D eigenvalue weighted by molar-refractivity contribution is 7.89. The second-order valence-corrected chi connectivity index (χ2v) is 9.12. The predicted octanol–water partition coefficient (Wildman–Crippen LogP) is 2.50. The number of aromatic nitrogens is 1. The van der Waals surface area contributed by atoms with Crippen LogP contribution in [0, 0.1) is 11.7 Å². The van der Waals surface area contributed by atoms with E-state index >= 15 is 0 Å². The highest BCUT2D eigenvalue weighted by Gasteiger charge is 2.33. The summed E-state index contributed by atoms with van der Waals surface area (Å²) in [5.74, 6) is -2.06. The van der Waals surface area contributed by atoms with Crippen molar-refractivity contribution in [2.45, 2.75) is 24.7 Å². The molecule has 1 aliphatic heterocycles. The van der Waals surface area contributed by atoms with Gasteiger partial charge in [0, 0.05) is 24.4 Å². The zero-order valence-corrected chi connectivity index (χ0v) is 17.3. The molecule has 1 saturated heterocycles. The van der Waals surface area contributed by atoms with Gasteiger partial charge in [-0.2, -0.15) is 4.31 Å². The van der Waals surface area contributed by atoms with Crippen molar-refractivity contribution < 1.29 is 27.1 Å². The molecule has 1 aliphatic rings. The van der Waals surface area contributed by atoms with E-state index in [-0.39, 0.29) is 41.3 Å². The van der Waals surface area contributed by atoms with Crippen molar-refractivity contribution in [1.29, 1.82) is 0 Å². The normalized spacial score (nSPS) is 15.8. The lowest BCUT2D eigenvalue weighted by molar-refractivity contribution is -0.120. The highest BCUT2D eigenvalue weighted by Crippen LogP contribution is 2.26. The number of amides is 1. The van der Waals surface area contributed by atoms with Crippen LogP contribution in [0.15, 0.2) is 34.5 Å². The topological polar surface area (TPSA) is 106 Å². The number of nitrogens with one attached hydrogen (secondary N) is 1. The fraction of sp³-hybridized carbons (Fsp3) is 0.389. The van der Waals surface area contributed by atoms with Crippen molar-refractivity contribution in [2.75, 3.05) is 25.0 Å². The molecule has 3 rings (SSSR count). The van der Waals surface area contributed by atoms with Crippen LogP contribution in [0.5, 0.6) is 0 Å². The number of carbonyl (C=O) groups excluding carboxylic acids is 2. The number of esters is 1. The third-order valence-corrected chi connectivity index (χ3v) is 7.19. The van der Waals surface area contributed by atoms with Crippen LogP contribution in [-0.4, -0.2) is 49.3 Å². The summed E-state index contributed by atoms with van der Waals surface area (Å²) < 4.78 is 45.2. The maximum Gasteiger partial charge on any atom is 0.357 e. The van der Waals surface area contributed by atoms with Gasteiger partial charge < -0.3 is 10.1 Å². The summed E-state index contributed by atoms with van der Waals surface area (Å²) in [6.45, 7) is 2.14. The number of carbonyl (C=O) groups is 2. The Morgan fingerprint density at radius 2 is 2.00 bits per heavy atom. The number of hydrogen-bond acceptors (Lipinski definition) is 7. The van der Waals surface area contributed by atoms with Gasteiger partial charge in [0.2, 0.25) is 15.9 Å². The fourth-order valence-electron chi connectivity index (χ4n) is 2.99. The number of anilines is 1. The summed E-state index contributed by atoms with van der Waals surface area (Å²) in [5.41, 5.74) is 0.123. The minimum absolute atomic E-state index is 0.112. The van der Waals surface area contributed by atoms with Gasteiger partial charge in [-0.25, -0.2) is 22.6 Å². The molecule has 2 aromatic rings. The summed E-state index contributed by atoms with van der Waals surface area (Å²) in [6, 6.07) is 5.23. The maximum absolute atomic E-state index is 13.9. The fourth-order valence-corrected chi connectivity index (χ4v) is 5.21. The number of nitrogens with zero attached hydrogens (tertiary/aromatic N) is 2. The second-order valence-electron chi connectivity index (χ2n) is 6.36. The molecule has 1 fully saturated rings. The van der Waals surface area contributed by atoms with Crippen LogP contribution >= 0.6 is 11.3 Å². The first-order valence-electron chi connectivity index (χ1n) is 9.01. The molecule has 11 heteroatoms. The zero-order chi connectivity index (χ0) is 21.0. The number of rotatable bonds is 6. The van der Waals surface area contributed by atoms with Crippen molar-refractivity contribution in [1.82, 2.24) is 9.29 Å². The number of ether oxygens (including phenoxy) is 1. The van der Waals surface area contributed by atoms with Crippen LogP contribution in [0.2, 0.25) is 0 Å². The third-order valence-electron chi connectivity index (χ3n) is 4.50. The molecule has 1 aromatic carbocycles. The monoisotopic (exact) mass is 441 g/mol. The lowest BCUT2D eigenvalue weighted by atomic mass is 9.97. The Bertz CT molecular complexity index is 1000. The van der Waals surface area contributed by atoms with E-state index in [0.29, 0.717) is 12.8 Å². The lowest BCUT2D eigenvalue weighted by Crippen LogP contribution is -2.41. The van der Waals surface area contributed by atoms with Crippen LogP contribution in [0.4, 0.5) is 9.52 Å². The molecule has 0 radical (unpaired) electrons. The van der Waals surface area contributed by atoms with Crippen molar-refractivity contribution in [3.05, 3.63) is 41.2 Å². The Balaban J connectivity index is 1.59. The second kappa shape index (κ2) is 8.97. The van der Waals surface area contributed by atoms with Gasteiger partial charge in [-0.1, -0.05) is 12.1 Å². The number of piperidine rings is 1. The van der Waals surface area contributed by atoms with Gasteiger partial charge in [0.25, 0.3) is 0 Å². The van der Waals surface area contributed by atoms with E-state index in [4.69, 9.17) is 4.74 Å². The summed E-state index contributed by atoms with van der Waals surface area (Å²) >= 11 is 1.11. The van der Waals surface area contributed by atoms with Crippen LogP contribution in [-0.2, 0) is 19.6 Å². The van der Waals surface area contributed by atoms with Gasteiger partial charge in [-0.3, -0.25) is 4.79 Å².